The molecule has 256 valence electrons. The zero-order valence-electron chi connectivity index (χ0n) is 26.6. The van der Waals surface area contributed by atoms with Crippen LogP contribution >= 0.6 is 12.1 Å². The minimum absolute atomic E-state index is 0.0742. The minimum Gasteiger partial charge on any atom is -0.506 e. The van der Waals surface area contributed by atoms with Gasteiger partial charge in [0.05, 0.1) is 23.2 Å². The van der Waals surface area contributed by atoms with E-state index in [1.807, 2.05) is 18.2 Å². The molecule has 5 amide bonds. The molecule has 0 radical (unpaired) electrons. The average molecular weight is 691 g/mol. The number of aryl methyl sites for hydroxylation is 1. The average Bonchev–Trinajstić information content (AvgIpc) is 3.60. The lowest BCUT2D eigenvalue weighted by Gasteiger charge is -2.33. The van der Waals surface area contributed by atoms with Crippen molar-refractivity contribution in [2.24, 2.45) is 13.0 Å². The first-order valence-electron chi connectivity index (χ1n) is 16.1. The number of anilines is 3. The second-order valence-corrected chi connectivity index (χ2v) is 13.4. The Kier molecular flexibility index (Phi) is 8.56. The van der Waals surface area contributed by atoms with E-state index in [2.05, 4.69) is 25.6 Å². The number of imidazole rings is 1. The number of urea groups is 1. The van der Waals surface area contributed by atoms with Gasteiger partial charge in [-0.25, -0.2) is 14.0 Å². The topological polar surface area (TPSA) is 170 Å². The highest BCUT2D eigenvalue weighted by atomic mass is 32.2. The van der Waals surface area contributed by atoms with E-state index in [1.165, 1.54) is 21.0 Å². The molecule has 3 saturated heterocycles. The van der Waals surface area contributed by atoms with Crippen molar-refractivity contribution < 1.29 is 28.7 Å². The summed E-state index contributed by atoms with van der Waals surface area (Å²) in [5, 5.41) is 19.1. The Hall–Kier alpha value is -5.25. The zero-order valence-corrected chi connectivity index (χ0v) is 27.4. The summed E-state index contributed by atoms with van der Waals surface area (Å²) in [4.78, 5) is 63.7. The number of imide groups is 1. The van der Waals surface area contributed by atoms with Crippen molar-refractivity contribution in [3.8, 4) is 5.75 Å². The van der Waals surface area contributed by atoms with E-state index in [-0.39, 0.29) is 59.7 Å². The van der Waals surface area contributed by atoms with Crippen molar-refractivity contribution >= 4 is 74.8 Å². The van der Waals surface area contributed by atoms with Crippen molar-refractivity contribution in [3.63, 3.8) is 0 Å². The Morgan fingerprint density at radius 1 is 1.02 bits per heavy atom. The van der Waals surface area contributed by atoms with Gasteiger partial charge in [0.1, 0.15) is 24.0 Å². The zero-order chi connectivity index (χ0) is 34.4. The molecule has 7 rings (SSSR count). The molecule has 4 aromatic rings. The fourth-order valence-corrected chi connectivity index (χ4v) is 7.62. The summed E-state index contributed by atoms with van der Waals surface area (Å²) in [6.07, 6.45) is 3.14. The number of hydrogen-bond acceptors (Lipinski definition) is 9. The first-order valence-corrected chi connectivity index (χ1v) is 16.9. The molecule has 49 heavy (non-hydrogen) atoms. The van der Waals surface area contributed by atoms with Gasteiger partial charge in [0, 0.05) is 49.9 Å². The van der Waals surface area contributed by atoms with Crippen LogP contribution in [0, 0.1) is 11.7 Å². The number of rotatable bonds is 7. The summed E-state index contributed by atoms with van der Waals surface area (Å²) in [6.45, 7) is 2.03. The number of carbonyl (C=O) groups excluding carboxylic acids is 4. The van der Waals surface area contributed by atoms with Gasteiger partial charge in [-0.3, -0.25) is 37.9 Å². The molecule has 0 saturated carbocycles. The minimum atomic E-state index is -0.724. The third kappa shape index (κ3) is 6.23. The van der Waals surface area contributed by atoms with Crippen LogP contribution in [0.4, 0.5) is 26.2 Å². The number of fused-ring (bicyclic) bond motifs is 2. The van der Waals surface area contributed by atoms with Gasteiger partial charge in [-0.15, -0.1) is 0 Å². The largest absolute Gasteiger partial charge is 0.506 e. The van der Waals surface area contributed by atoms with Crippen LogP contribution in [0.5, 0.6) is 5.75 Å². The van der Waals surface area contributed by atoms with E-state index in [1.54, 1.807) is 23.7 Å². The van der Waals surface area contributed by atoms with Crippen LogP contribution < -0.4 is 35.6 Å². The molecule has 3 aliphatic heterocycles. The molecule has 3 aromatic carbocycles. The van der Waals surface area contributed by atoms with Crippen molar-refractivity contribution in [3.05, 3.63) is 58.8 Å². The monoisotopic (exact) mass is 690 g/mol. The number of phenolic OH excluding ortho intramolecular Hbond substituents is 1. The molecular weight excluding hydrogens is 655 g/mol. The van der Waals surface area contributed by atoms with Crippen LogP contribution in [-0.4, -0.2) is 64.2 Å². The van der Waals surface area contributed by atoms with Gasteiger partial charge in [-0.05, 0) is 79.5 Å². The highest BCUT2D eigenvalue weighted by molar-refractivity contribution is 7.99. The van der Waals surface area contributed by atoms with Gasteiger partial charge in [0.25, 0.3) is 5.91 Å². The lowest BCUT2D eigenvalue weighted by Crippen LogP contribution is -2.44. The Morgan fingerprint density at radius 2 is 1.82 bits per heavy atom. The van der Waals surface area contributed by atoms with Crippen molar-refractivity contribution in [1.29, 1.82) is 0 Å². The second-order valence-electron chi connectivity index (χ2n) is 12.6. The van der Waals surface area contributed by atoms with E-state index in [4.69, 9.17) is 0 Å². The third-order valence-electron chi connectivity index (χ3n) is 9.51. The number of phenols is 1. The van der Waals surface area contributed by atoms with Crippen LogP contribution in [-0.2, 0) is 21.4 Å². The predicted molar refractivity (Wildman–Crippen MR) is 184 cm³/mol. The summed E-state index contributed by atoms with van der Waals surface area (Å²) in [6, 6.07) is 10.8. The van der Waals surface area contributed by atoms with Crippen LogP contribution in [0.1, 0.15) is 38.1 Å². The Morgan fingerprint density at radius 3 is 2.55 bits per heavy atom. The van der Waals surface area contributed by atoms with E-state index >= 15 is 4.39 Å². The molecular formula is C33H35FN8O6S. The van der Waals surface area contributed by atoms with E-state index in [0.717, 1.165) is 55.7 Å². The van der Waals surface area contributed by atoms with E-state index < -0.39 is 17.8 Å². The first kappa shape index (κ1) is 32.3. The SMILES string of the molecule is Cn1c(=O)n(C2CCC(=O)NC2=O)c2ccc(N3CCC(CCNC(=O)Nc4ccc5c(F)c(N6CC(=O)NS6)c(O)cc5c4)CC3)cc21. The van der Waals surface area contributed by atoms with Crippen molar-refractivity contribution in [2.45, 2.75) is 38.1 Å². The maximum absolute atomic E-state index is 15.3. The van der Waals surface area contributed by atoms with E-state index in [9.17, 15) is 29.1 Å². The molecule has 1 unspecified atom stereocenters. The number of carbonyl (C=O) groups is 4. The standard InChI is InChI=1S/C33H35FN8O6S/c1-39-25-16-21(3-5-23(25)42(33(39)48)24-6-7-27(44)37-31(24)46)40-12-9-18(10-13-40)8-11-35-32(47)36-20-2-4-22-19(14-20)15-26(43)30(29(22)34)41-17-28(45)38-49-41/h2-5,14-16,18,24,43H,6-13,17H2,1H3,(H,38,45)(H2,35,36,47)(H,37,44,46). The third-order valence-corrected chi connectivity index (χ3v) is 10.4. The summed E-state index contributed by atoms with van der Waals surface area (Å²) < 4.78 is 22.1. The van der Waals surface area contributed by atoms with Gasteiger partial charge in [0.15, 0.2) is 5.82 Å². The van der Waals surface area contributed by atoms with Gasteiger partial charge < -0.3 is 20.6 Å². The molecule has 0 bridgehead atoms. The number of amides is 5. The quantitative estimate of drug-likeness (QED) is 0.144. The maximum atomic E-state index is 15.3. The van der Waals surface area contributed by atoms with Crippen LogP contribution in [0.3, 0.4) is 0 Å². The van der Waals surface area contributed by atoms with Gasteiger partial charge >= 0.3 is 11.7 Å². The molecule has 5 N–H and O–H groups in total. The molecule has 3 aliphatic rings. The number of halogens is 1. The van der Waals surface area contributed by atoms with Gasteiger partial charge in [0.2, 0.25) is 11.8 Å². The summed E-state index contributed by atoms with van der Waals surface area (Å²) in [5.74, 6) is -1.62. The van der Waals surface area contributed by atoms with Crippen LogP contribution in [0.2, 0.25) is 0 Å². The lowest BCUT2D eigenvalue weighted by molar-refractivity contribution is -0.135. The Labute approximate surface area is 283 Å². The highest BCUT2D eigenvalue weighted by Gasteiger charge is 2.32. The first-order chi connectivity index (χ1) is 23.6. The van der Waals surface area contributed by atoms with E-state index in [0.29, 0.717) is 29.1 Å². The molecule has 4 heterocycles. The van der Waals surface area contributed by atoms with Crippen molar-refractivity contribution in [1.82, 2.24) is 24.5 Å². The van der Waals surface area contributed by atoms with Crippen molar-refractivity contribution in [2.75, 3.05) is 40.7 Å². The van der Waals surface area contributed by atoms with Crippen LogP contribution in [0.15, 0.2) is 47.3 Å². The molecule has 0 spiro atoms. The Bertz CT molecular complexity index is 2070. The summed E-state index contributed by atoms with van der Waals surface area (Å²) >= 11 is 0.912. The molecule has 0 aliphatic carbocycles. The summed E-state index contributed by atoms with van der Waals surface area (Å²) in [5.41, 5.74) is 2.44. The number of aromatic hydroxyl groups is 1. The molecule has 3 fully saturated rings. The maximum Gasteiger partial charge on any atom is 0.329 e. The smallest absolute Gasteiger partial charge is 0.329 e. The predicted octanol–water partition coefficient (Wildman–Crippen LogP) is 3.24. The number of piperidine rings is 2. The number of nitrogens with zero attached hydrogens (tertiary/aromatic N) is 4. The number of hydrogen-bond donors (Lipinski definition) is 5. The van der Waals surface area contributed by atoms with Gasteiger partial charge in [-0.1, -0.05) is 0 Å². The van der Waals surface area contributed by atoms with Gasteiger partial charge in [-0.2, -0.15) is 0 Å². The number of benzene rings is 3. The molecule has 1 aromatic heterocycles. The molecule has 1 atom stereocenters. The number of aromatic nitrogens is 2. The highest BCUT2D eigenvalue weighted by Crippen LogP contribution is 2.40. The molecule has 16 heteroatoms. The molecule has 14 nitrogen and oxygen atoms in total. The lowest BCUT2D eigenvalue weighted by atomic mass is 9.93. The fraction of sp³-hybridized carbons (Fsp3) is 0.364. The summed E-state index contributed by atoms with van der Waals surface area (Å²) in [7, 11) is 1.68. The second kappa shape index (κ2) is 13.0. The Balaban J connectivity index is 0.915. The number of nitrogens with one attached hydrogen (secondary N) is 4. The normalized spacial score (nSPS) is 18.7. The fourth-order valence-electron chi connectivity index (χ4n) is 6.90. The van der Waals surface area contributed by atoms with Crippen LogP contribution in [0.25, 0.3) is 21.8 Å².